The lowest BCUT2D eigenvalue weighted by Gasteiger charge is -2.37. The van der Waals surface area contributed by atoms with E-state index in [1.807, 2.05) is 30.4 Å². The predicted molar refractivity (Wildman–Crippen MR) is 152 cm³/mol. The Morgan fingerprint density at radius 2 is 1.54 bits per heavy atom. The average Bonchev–Trinajstić information content (AvgIpc) is 3.20. The van der Waals surface area contributed by atoms with Gasteiger partial charge in [-0.1, -0.05) is 70.1 Å². The average molecular weight is 539 g/mol. The Balaban J connectivity index is 1.29. The number of fused-ring (bicyclic) bond motifs is 1. The highest BCUT2D eigenvalue weighted by Gasteiger charge is 2.48. The van der Waals surface area contributed by atoms with Crippen LogP contribution in [0.4, 0.5) is 5.82 Å². The van der Waals surface area contributed by atoms with Crippen LogP contribution in [-0.2, 0) is 19.1 Å². The number of hydrogen-bond donors (Lipinski definition) is 0. The van der Waals surface area contributed by atoms with Crippen molar-refractivity contribution in [3.05, 3.63) is 36.5 Å². The summed E-state index contributed by atoms with van der Waals surface area (Å²) in [6.45, 7) is 6.15. The molecule has 214 valence electrons. The number of nitrogens with zero attached hydrogens (tertiary/aromatic N) is 4. The zero-order valence-corrected chi connectivity index (χ0v) is 23.6. The summed E-state index contributed by atoms with van der Waals surface area (Å²) in [7, 11) is 0. The van der Waals surface area contributed by atoms with Crippen LogP contribution in [0.15, 0.2) is 36.5 Å². The van der Waals surface area contributed by atoms with Crippen molar-refractivity contribution in [1.29, 1.82) is 0 Å². The van der Waals surface area contributed by atoms with E-state index in [1.54, 1.807) is 6.20 Å². The van der Waals surface area contributed by atoms with Crippen LogP contribution in [0.2, 0.25) is 0 Å². The first-order chi connectivity index (χ1) is 19.1. The molecule has 4 rings (SSSR count). The summed E-state index contributed by atoms with van der Waals surface area (Å²) in [5.74, 6) is -0.0145. The molecule has 8 nitrogen and oxygen atoms in total. The minimum Gasteiger partial charge on any atom is -0.459 e. The maximum atomic E-state index is 13.1. The number of ether oxygens (including phenoxy) is 1. The van der Waals surface area contributed by atoms with Crippen LogP contribution < -0.4 is 4.90 Å². The standard InChI is InChI=1S/C31H46N4O4/c1-2-3-4-5-6-7-8-9-17-29(36)39-25(24-35-30(37)26-14-10-11-15-27(26)31(35)38)23-33-19-21-34(22-20-33)28-16-12-13-18-32-28/h10-13,16,18,25-27H,2-9,14-15,17,19-24H2,1H3/t25?,26-,27+. The van der Waals surface area contributed by atoms with Gasteiger partial charge in [0.25, 0.3) is 0 Å². The summed E-state index contributed by atoms with van der Waals surface area (Å²) in [5.41, 5.74) is 0. The number of likely N-dealkylation sites (tertiary alicyclic amines) is 1. The zero-order valence-electron chi connectivity index (χ0n) is 23.6. The first-order valence-electron chi connectivity index (χ1n) is 15.1. The normalized spacial score (nSPS) is 22.3. The van der Waals surface area contributed by atoms with E-state index in [0.29, 0.717) is 25.8 Å². The van der Waals surface area contributed by atoms with E-state index < -0.39 is 6.10 Å². The summed E-state index contributed by atoms with van der Waals surface area (Å²) in [6, 6.07) is 5.93. The molecule has 0 radical (unpaired) electrons. The molecular weight excluding hydrogens is 492 g/mol. The van der Waals surface area contributed by atoms with Gasteiger partial charge in [0, 0.05) is 45.3 Å². The summed E-state index contributed by atoms with van der Waals surface area (Å²) in [4.78, 5) is 49.4. The summed E-state index contributed by atoms with van der Waals surface area (Å²) in [6.07, 6.45) is 16.2. The van der Waals surface area contributed by atoms with Gasteiger partial charge in [-0.15, -0.1) is 0 Å². The van der Waals surface area contributed by atoms with Gasteiger partial charge >= 0.3 is 5.97 Å². The van der Waals surface area contributed by atoms with E-state index in [2.05, 4.69) is 21.7 Å². The maximum Gasteiger partial charge on any atom is 0.306 e. The highest BCUT2D eigenvalue weighted by molar-refractivity contribution is 6.05. The van der Waals surface area contributed by atoms with Crippen LogP contribution in [0.25, 0.3) is 0 Å². The number of rotatable bonds is 15. The second-order valence-electron chi connectivity index (χ2n) is 11.3. The Bertz CT molecular complexity index is 935. The molecule has 1 unspecified atom stereocenters. The number of aromatic nitrogens is 1. The Labute approximate surface area is 233 Å². The smallest absolute Gasteiger partial charge is 0.306 e. The number of imide groups is 1. The van der Waals surface area contributed by atoms with E-state index in [9.17, 15) is 14.4 Å². The van der Waals surface area contributed by atoms with Crippen molar-refractivity contribution in [2.45, 2.75) is 83.7 Å². The molecule has 8 heteroatoms. The van der Waals surface area contributed by atoms with Crippen LogP contribution in [0.3, 0.4) is 0 Å². The van der Waals surface area contributed by atoms with Gasteiger partial charge in [0.05, 0.1) is 18.4 Å². The molecule has 1 aromatic rings. The van der Waals surface area contributed by atoms with Crippen LogP contribution in [-0.4, -0.2) is 77.9 Å². The van der Waals surface area contributed by atoms with Gasteiger partial charge in [0.1, 0.15) is 11.9 Å². The molecule has 1 aromatic heterocycles. The number of esters is 1. The Kier molecular flexibility index (Phi) is 11.4. The number of hydrogen-bond acceptors (Lipinski definition) is 7. The third-order valence-corrected chi connectivity index (χ3v) is 8.33. The molecule has 2 saturated heterocycles. The van der Waals surface area contributed by atoms with E-state index in [-0.39, 0.29) is 36.2 Å². The fourth-order valence-electron chi connectivity index (χ4n) is 6.02. The van der Waals surface area contributed by atoms with Crippen LogP contribution in [0.5, 0.6) is 0 Å². The van der Waals surface area contributed by atoms with Crippen molar-refractivity contribution in [2.24, 2.45) is 11.8 Å². The Morgan fingerprint density at radius 1 is 0.897 bits per heavy atom. The molecule has 0 aromatic carbocycles. The van der Waals surface area contributed by atoms with Crippen molar-refractivity contribution in [2.75, 3.05) is 44.2 Å². The molecule has 2 aliphatic heterocycles. The van der Waals surface area contributed by atoms with Crippen LogP contribution in [0, 0.1) is 11.8 Å². The number of carbonyl (C=O) groups is 3. The van der Waals surface area contributed by atoms with Crippen LogP contribution in [0.1, 0.15) is 77.6 Å². The predicted octanol–water partition coefficient (Wildman–Crippen LogP) is 4.60. The van der Waals surface area contributed by atoms with Crippen LogP contribution >= 0.6 is 0 Å². The van der Waals surface area contributed by atoms with Crippen molar-refractivity contribution in [3.63, 3.8) is 0 Å². The SMILES string of the molecule is CCCCCCCCCCC(=O)OC(CN1CCN(c2ccccn2)CC1)CN1C(=O)[C@H]2CC=CC[C@H]2C1=O. The van der Waals surface area contributed by atoms with Gasteiger partial charge in [0.2, 0.25) is 11.8 Å². The highest BCUT2D eigenvalue weighted by Crippen LogP contribution is 2.35. The molecule has 3 aliphatic rings. The number of carbonyl (C=O) groups excluding carboxylic acids is 3. The molecule has 0 bridgehead atoms. The Hall–Kier alpha value is -2.74. The molecule has 0 saturated carbocycles. The van der Waals surface area contributed by atoms with Crippen molar-refractivity contribution in [3.8, 4) is 0 Å². The highest BCUT2D eigenvalue weighted by atomic mass is 16.5. The molecule has 39 heavy (non-hydrogen) atoms. The van der Waals surface area contributed by atoms with Crippen molar-refractivity contribution in [1.82, 2.24) is 14.8 Å². The van der Waals surface area contributed by atoms with Gasteiger partial charge in [-0.2, -0.15) is 0 Å². The van der Waals surface area contributed by atoms with E-state index in [1.165, 1.54) is 37.0 Å². The van der Waals surface area contributed by atoms with Gasteiger partial charge < -0.3 is 9.64 Å². The van der Waals surface area contributed by atoms with Gasteiger partial charge in [-0.3, -0.25) is 24.2 Å². The first kappa shape index (κ1) is 29.2. The summed E-state index contributed by atoms with van der Waals surface area (Å²) in [5, 5.41) is 0. The van der Waals surface area contributed by atoms with Gasteiger partial charge in [0.15, 0.2) is 0 Å². The van der Waals surface area contributed by atoms with E-state index in [4.69, 9.17) is 4.74 Å². The minimum atomic E-state index is -0.519. The summed E-state index contributed by atoms with van der Waals surface area (Å²) < 4.78 is 5.97. The fraction of sp³-hybridized carbons (Fsp3) is 0.677. The second-order valence-corrected chi connectivity index (χ2v) is 11.3. The first-order valence-corrected chi connectivity index (χ1v) is 15.1. The lowest BCUT2D eigenvalue weighted by molar-refractivity contribution is -0.155. The molecule has 2 amide bonds. The molecule has 1 aliphatic carbocycles. The quantitative estimate of drug-likeness (QED) is 0.140. The van der Waals surface area contributed by atoms with Crippen molar-refractivity contribution >= 4 is 23.6 Å². The van der Waals surface area contributed by atoms with Gasteiger partial charge in [-0.25, -0.2) is 4.98 Å². The number of pyridine rings is 1. The number of unbranched alkanes of at least 4 members (excludes halogenated alkanes) is 7. The number of allylic oxidation sites excluding steroid dienone is 2. The summed E-state index contributed by atoms with van der Waals surface area (Å²) >= 11 is 0. The molecule has 3 heterocycles. The number of piperazine rings is 1. The number of amides is 2. The maximum absolute atomic E-state index is 13.1. The molecular formula is C31H46N4O4. The van der Waals surface area contributed by atoms with E-state index in [0.717, 1.165) is 51.3 Å². The third-order valence-electron chi connectivity index (χ3n) is 8.33. The topological polar surface area (TPSA) is 83.1 Å². The molecule has 2 fully saturated rings. The lowest BCUT2D eigenvalue weighted by atomic mass is 9.85. The zero-order chi connectivity index (χ0) is 27.5. The minimum absolute atomic E-state index is 0.113. The van der Waals surface area contributed by atoms with Crippen molar-refractivity contribution < 1.29 is 19.1 Å². The molecule has 3 atom stereocenters. The Morgan fingerprint density at radius 3 is 2.15 bits per heavy atom. The monoisotopic (exact) mass is 538 g/mol. The second kappa shape index (κ2) is 15.2. The molecule has 0 spiro atoms. The number of anilines is 1. The third kappa shape index (κ3) is 8.37. The fourth-order valence-corrected chi connectivity index (χ4v) is 6.02. The van der Waals surface area contributed by atoms with Gasteiger partial charge in [-0.05, 0) is 31.4 Å². The lowest BCUT2D eigenvalue weighted by Crippen LogP contribution is -2.51. The van der Waals surface area contributed by atoms with E-state index >= 15 is 0 Å². The molecule has 0 N–H and O–H groups in total. The largest absolute Gasteiger partial charge is 0.459 e.